The molecular weight excluding hydrogens is 242 g/mol. The molecule has 0 radical (unpaired) electrons. The zero-order valence-corrected chi connectivity index (χ0v) is 10.1. The first kappa shape index (κ1) is 11.7. The number of aliphatic hydroxyl groups excluding tert-OH is 1. The molecule has 1 atom stereocenters. The van der Waals surface area contributed by atoms with Gasteiger partial charge in [-0.1, -0.05) is 28.1 Å². The van der Waals surface area contributed by atoms with Crippen molar-refractivity contribution in [3.63, 3.8) is 0 Å². The van der Waals surface area contributed by atoms with Gasteiger partial charge in [-0.15, -0.1) is 0 Å². The highest BCUT2D eigenvalue weighted by atomic mass is 79.9. The van der Waals surface area contributed by atoms with Crippen molar-refractivity contribution in [2.24, 2.45) is 5.73 Å². The van der Waals surface area contributed by atoms with Gasteiger partial charge in [0.05, 0.1) is 0 Å². The lowest BCUT2D eigenvalue weighted by Crippen LogP contribution is -2.34. The van der Waals surface area contributed by atoms with E-state index in [9.17, 15) is 0 Å². The molecule has 0 heterocycles. The van der Waals surface area contributed by atoms with Crippen molar-refractivity contribution < 1.29 is 5.11 Å². The predicted molar refractivity (Wildman–Crippen MR) is 62.1 cm³/mol. The summed E-state index contributed by atoms with van der Waals surface area (Å²) in [5.74, 6) is 0. The van der Waals surface area contributed by atoms with Gasteiger partial charge < -0.3 is 10.8 Å². The van der Waals surface area contributed by atoms with E-state index in [2.05, 4.69) is 22.0 Å². The summed E-state index contributed by atoms with van der Waals surface area (Å²) in [6, 6.07) is 6.04. The molecule has 78 valence electrons. The van der Waals surface area contributed by atoms with Crippen LogP contribution in [-0.4, -0.2) is 11.7 Å². The summed E-state index contributed by atoms with van der Waals surface area (Å²) < 4.78 is 1.08. The molecule has 0 spiro atoms. The summed E-state index contributed by atoms with van der Waals surface area (Å²) in [5.41, 5.74) is 7.87. The van der Waals surface area contributed by atoms with E-state index >= 15 is 0 Å². The topological polar surface area (TPSA) is 46.2 Å². The van der Waals surface area contributed by atoms with E-state index in [-0.39, 0.29) is 6.61 Å². The Bertz CT molecular complexity index is 323. The number of benzene rings is 1. The summed E-state index contributed by atoms with van der Waals surface area (Å²) in [5, 5.41) is 8.90. The molecule has 3 N–H and O–H groups in total. The predicted octanol–water partition coefficient (Wildman–Crippen LogP) is 2.31. The van der Waals surface area contributed by atoms with Crippen molar-refractivity contribution in [2.45, 2.75) is 25.8 Å². The van der Waals surface area contributed by atoms with E-state index < -0.39 is 5.54 Å². The Labute approximate surface area is 93.3 Å². The second-order valence-electron chi connectivity index (χ2n) is 3.86. The van der Waals surface area contributed by atoms with E-state index in [0.717, 1.165) is 15.6 Å². The van der Waals surface area contributed by atoms with Crippen LogP contribution in [0.2, 0.25) is 0 Å². The summed E-state index contributed by atoms with van der Waals surface area (Å²) in [6.45, 7) is 4.08. The van der Waals surface area contributed by atoms with Crippen LogP contribution >= 0.6 is 15.9 Å². The molecule has 0 amide bonds. The molecule has 0 saturated carbocycles. The van der Waals surface area contributed by atoms with Gasteiger partial charge in [-0.25, -0.2) is 0 Å². The van der Waals surface area contributed by atoms with Crippen LogP contribution in [-0.2, 0) is 5.54 Å². The summed E-state index contributed by atoms with van der Waals surface area (Å²) in [4.78, 5) is 0. The molecule has 0 aliphatic rings. The number of rotatable bonds is 3. The Hall–Kier alpha value is -0.380. The van der Waals surface area contributed by atoms with Gasteiger partial charge in [0.2, 0.25) is 0 Å². The lowest BCUT2D eigenvalue weighted by atomic mass is 9.89. The van der Waals surface area contributed by atoms with Gasteiger partial charge in [0.15, 0.2) is 0 Å². The lowest BCUT2D eigenvalue weighted by molar-refractivity contribution is 0.247. The van der Waals surface area contributed by atoms with E-state index in [1.54, 1.807) is 0 Å². The third-order valence-corrected chi connectivity index (χ3v) is 3.34. The fourth-order valence-corrected chi connectivity index (χ4v) is 1.62. The molecule has 0 saturated heterocycles. The van der Waals surface area contributed by atoms with Crippen LogP contribution in [0.15, 0.2) is 22.7 Å². The average Bonchev–Trinajstić information content (AvgIpc) is 2.09. The fourth-order valence-electron chi connectivity index (χ4n) is 1.38. The van der Waals surface area contributed by atoms with Crippen LogP contribution in [0, 0.1) is 6.92 Å². The van der Waals surface area contributed by atoms with Gasteiger partial charge >= 0.3 is 0 Å². The van der Waals surface area contributed by atoms with Gasteiger partial charge in [0.1, 0.15) is 0 Å². The van der Waals surface area contributed by atoms with Gasteiger partial charge in [-0.2, -0.15) is 0 Å². The zero-order valence-electron chi connectivity index (χ0n) is 8.55. The highest BCUT2D eigenvalue weighted by molar-refractivity contribution is 9.10. The molecule has 1 rings (SSSR count). The smallest absolute Gasteiger partial charge is 0.0451 e. The fraction of sp³-hybridized carbons (Fsp3) is 0.455. The van der Waals surface area contributed by atoms with Gasteiger partial charge in [-0.05, 0) is 37.5 Å². The van der Waals surface area contributed by atoms with Crippen molar-refractivity contribution in [2.75, 3.05) is 6.61 Å². The van der Waals surface area contributed by atoms with Crippen LogP contribution in [0.25, 0.3) is 0 Å². The van der Waals surface area contributed by atoms with Crippen LogP contribution in [0.5, 0.6) is 0 Å². The normalized spacial score (nSPS) is 15.2. The molecule has 1 aromatic rings. The van der Waals surface area contributed by atoms with Crippen LogP contribution in [0.3, 0.4) is 0 Å². The van der Waals surface area contributed by atoms with Crippen LogP contribution in [0.1, 0.15) is 24.5 Å². The highest BCUT2D eigenvalue weighted by Gasteiger charge is 2.20. The third kappa shape index (κ3) is 2.56. The molecule has 1 aromatic carbocycles. The average molecular weight is 258 g/mol. The van der Waals surface area contributed by atoms with Crippen molar-refractivity contribution in [3.05, 3.63) is 33.8 Å². The van der Waals surface area contributed by atoms with Gasteiger partial charge in [-0.3, -0.25) is 0 Å². The molecule has 0 aliphatic heterocycles. The van der Waals surface area contributed by atoms with Gasteiger partial charge in [0.25, 0.3) is 0 Å². The standard InChI is InChI=1S/C11H16BrNO/c1-8-7-9(3-4-10(8)12)11(2,13)5-6-14/h3-4,7,14H,5-6,13H2,1-2H3/t11-/m0/s1. The Morgan fingerprint density at radius 1 is 1.50 bits per heavy atom. The molecule has 0 aromatic heterocycles. The van der Waals surface area contributed by atoms with Crippen LogP contribution < -0.4 is 5.73 Å². The minimum absolute atomic E-state index is 0.113. The SMILES string of the molecule is Cc1cc([C@@](C)(N)CCO)ccc1Br. The van der Waals surface area contributed by atoms with Crippen LogP contribution in [0.4, 0.5) is 0 Å². The van der Waals surface area contributed by atoms with E-state index in [1.807, 2.05) is 26.0 Å². The first-order valence-corrected chi connectivity index (χ1v) is 5.43. The molecule has 0 unspecified atom stereocenters. The monoisotopic (exact) mass is 257 g/mol. The Morgan fingerprint density at radius 2 is 2.14 bits per heavy atom. The van der Waals surface area contributed by atoms with Crippen molar-refractivity contribution in [3.8, 4) is 0 Å². The highest BCUT2D eigenvalue weighted by Crippen LogP contribution is 2.25. The third-order valence-electron chi connectivity index (χ3n) is 2.45. The maximum atomic E-state index is 8.90. The minimum Gasteiger partial charge on any atom is -0.396 e. The zero-order chi connectivity index (χ0) is 10.8. The summed E-state index contributed by atoms with van der Waals surface area (Å²) in [7, 11) is 0. The minimum atomic E-state index is -0.444. The summed E-state index contributed by atoms with van der Waals surface area (Å²) >= 11 is 3.44. The first-order valence-electron chi connectivity index (χ1n) is 4.64. The molecule has 0 bridgehead atoms. The Morgan fingerprint density at radius 3 is 2.64 bits per heavy atom. The number of hydrogen-bond donors (Lipinski definition) is 2. The van der Waals surface area contributed by atoms with Crippen molar-refractivity contribution >= 4 is 15.9 Å². The molecule has 0 fully saturated rings. The molecule has 3 heteroatoms. The van der Waals surface area contributed by atoms with E-state index in [0.29, 0.717) is 6.42 Å². The second-order valence-corrected chi connectivity index (χ2v) is 4.71. The van der Waals surface area contributed by atoms with E-state index in [1.165, 1.54) is 0 Å². The van der Waals surface area contributed by atoms with E-state index in [4.69, 9.17) is 10.8 Å². The second kappa shape index (κ2) is 4.43. The maximum Gasteiger partial charge on any atom is 0.0451 e. The molecule has 0 aliphatic carbocycles. The lowest BCUT2D eigenvalue weighted by Gasteiger charge is -2.24. The van der Waals surface area contributed by atoms with Crippen molar-refractivity contribution in [1.82, 2.24) is 0 Å². The number of aryl methyl sites for hydroxylation is 1. The largest absolute Gasteiger partial charge is 0.396 e. The molecule has 2 nitrogen and oxygen atoms in total. The number of hydrogen-bond acceptors (Lipinski definition) is 2. The summed E-state index contributed by atoms with van der Waals surface area (Å²) in [6.07, 6.45) is 0.577. The maximum absolute atomic E-state index is 8.90. The number of aliphatic hydroxyl groups is 1. The number of nitrogens with two attached hydrogens (primary N) is 1. The number of halogens is 1. The quantitative estimate of drug-likeness (QED) is 0.873. The molecular formula is C11H16BrNO. The van der Waals surface area contributed by atoms with Crippen molar-refractivity contribution in [1.29, 1.82) is 0 Å². The first-order chi connectivity index (χ1) is 6.47. The van der Waals surface area contributed by atoms with Gasteiger partial charge in [0, 0.05) is 16.6 Å². The molecule has 14 heavy (non-hydrogen) atoms. The Kier molecular flexibility index (Phi) is 3.70. The Balaban J connectivity index is 3.01.